The standard InChI is InChI=1S/C31H37FN4O2/c1-22-4-6-26(18-23(22)2)31(37)33-29-20-25(7-9-30(29)36-12-10-34(3)11-13-36)27-19-24(5-8-28(27)32)21-35-14-16-38-17-15-35/h4-9,18-20H,10-17,21H2,1-3H3,(H,33,37). The second-order valence-electron chi connectivity index (χ2n) is 10.5. The van der Waals surface area contributed by atoms with Gasteiger partial charge in [0.1, 0.15) is 5.82 Å². The molecule has 2 aliphatic heterocycles. The van der Waals surface area contributed by atoms with Gasteiger partial charge in [0.05, 0.1) is 24.6 Å². The molecule has 0 radical (unpaired) electrons. The van der Waals surface area contributed by atoms with Gasteiger partial charge in [0.15, 0.2) is 0 Å². The highest BCUT2D eigenvalue weighted by Gasteiger charge is 2.20. The zero-order chi connectivity index (χ0) is 26.6. The summed E-state index contributed by atoms with van der Waals surface area (Å²) >= 11 is 0. The predicted octanol–water partition coefficient (Wildman–Crippen LogP) is 4.95. The Morgan fingerprint density at radius 2 is 1.66 bits per heavy atom. The zero-order valence-electron chi connectivity index (χ0n) is 22.6. The van der Waals surface area contributed by atoms with E-state index in [1.165, 1.54) is 0 Å². The lowest BCUT2D eigenvalue weighted by atomic mass is 10.00. The van der Waals surface area contributed by atoms with Gasteiger partial charge in [0.2, 0.25) is 0 Å². The van der Waals surface area contributed by atoms with Crippen molar-refractivity contribution >= 4 is 17.3 Å². The molecule has 3 aromatic carbocycles. The fourth-order valence-electron chi connectivity index (χ4n) is 5.11. The molecule has 0 spiro atoms. The van der Waals surface area contributed by atoms with Crippen molar-refractivity contribution < 1.29 is 13.9 Å². The number of carbonyl (C=O) groups excluding carboxylic acids is 1. The van der Waals surface area contributed by atoms with E-state index in [9.17, 15) is 4.79 Å². The fraction of sp³-hybridized carbons (Fsp3) is 0.387. The summed E-state index contributed by atoms with van der Waals surface area (Å²) in [4.78, 5) is 20.2. The maximum Gasteiger partial charge on any atom is 0.255 e. The molecule has 0 unspecified atom stereocenters. The Labute approximate surface area is 225 Å². The van der Waals surface area contributed by atoms with Gasteiger partial charge >= 0.3 is 0 Å². The van der Waals surface area contributed by atoms with Gasteiger partial charge < -0.3 is 19.9 Å². The Morgan fingerprint density at radius 1 is 0.895 bits per heavy atom. The van der Waals surface area contributed by atoms with Crippen LogP contribution in [0, 0.1) is 19.7 Å². The predicted molar refractivity (Wildman–Crippen MR) is 152 cm³/mol. The molecule has 6 nitrogen and oxygen atoms in total. The molecule has 200 valence electrons. The molecule has 7 heteroatoms. The van der Waals surface area contributed by atoms with Crippen molar-refractivity contribution in [2.45, 2.75) is 20.4 Å². The van der Waals surface area contributed by atoms with Crippen LogP contribution >= 0.6 is 0 Å². The second kappa shape index (κ2) is 11.6. The van der Waals surface area contributed by atoms with E-state index in [1.54, 1.807) is 6.07 Å². The molecule has 1 amide bonds. The Hall–Kier alpha value is -3.26. The van der Waals surface area contributed by atoms with Crippen molar-refractivity contribution in [2.75, 3.05) is 69.7 Å². The fourth-order valence-corrected chi connectivity index (χ4v) is 5.11. The summed E-state index contributed by atoms with van der Waals surface area (Å²) in [5.74, 6) is -0.434. The van der Waals surface area contributed by atoms with Crippen LogP contribution in [0.2, 0.25) is 0 Å². The summed E-state index contributed by atoms with van der Waals surface area (Å²) in [6.45, 7) is 11.6. The molecule has 0 aromatic heterocycles. The number of ether oxygens (including phenoxy) is 1. The third-order valence-electron chi connectivity index (χ3n) is 7.71. The van der Waals surface area contributed by atoms with Gasteiger partial charge in [0.25, 0.3) is 5.91 Å². The van der Waals surface area contributed by atoms with Gasteiger partial charge in [-0.1, -0.05) is 18.2 Å². The van der Waals surface area contributed by atoms with E-state index in [1.807, 2.05) is 62.4 Å². The Balaban J connectivity index is 1.47. The number of nitrogens with zero attached hydrogens (tertiary/aromatic N) is 3. The molecule has 2 fully saturated rings. The first kappa shape index (κ1) is 26.4. The van der Waals surface area contributed by atoms with Crippen molar-refractivity contribution in [1.29, 1.82) is 0 Å². The molecular formula is C31H37FN4O2. The second-order valence-corrected chi connectivity index (χ2v) is 10.5. The Bertz CT molecular complexity index is 1300. The van der Waals surface area contributed by atoms with Crippen LogP contribution in [0.3, 0.4) is 0 Å². The molecule has 0 atom stereocenters. The van der Waals surface area contributed by atoms with Gasteiger partial charge in [-0.05, 0) is 79.5 Å². The molecule has 2 heterocycles. The molecule has 2 aliphatic rings. The van der Waals surface area contributed by atoms with Crippen LogP contribution in [0.15, 0.2) is 54.6 Å². The number of hydrogen-bond donors (Lipinski definition) is 1. The Morgan fingerprint density at radius 3 is 2.39 bits per heavy atom. The minimum Gasteiger partial charge on any atom is -0.379 e. The lowest BCUT2D eigenvalue weighted by Crippen LogP contribution is -2.44. The molecule has 1 N–H and O–H groups in total. The molecular weight excluding hydrogens is 479 g/mol. The van der Waals surface area contributed by atoms with Crippen molar-refractivity contribution in [3.05, 3.63) is 82.7 Å². The zero-order valence-corrected chi connectivity index (χ0v) is 22.6. The average Bonchev–Trinajstić information content (AvgIpc) is 2.92. The van der Waals surface area contributed by atoms with Crippen LogP contribution in [0.5, 0.6) is 0 Å². The number of aryl methyl sites for hydroxylation is 2. The number of anilines is 2. The van der Waals surface area contributed by atoms with Gasteiger partial charge in [0, 0.05) is 56.9 Å². The Kier molecular flexibility index (Phi) is 8.07. The third-order valence-corrected chi connectivity index (χ3v) is 7.71. The number of halogens is 1. The van der Waals surface area contributed by atoms with Crippen LogP contribution in [0.1, 0.15) is 27.0 Å². The largest absolute Gasteiger partial charge is 0.379 e. The van der Waals surface area contributed by atoms with Gasteiger partial charge in [-0.15, -0.1) is 0 Å². The van der Waals surface area contributed by atoms with E-state index in [4.69, 9.17) is 4.74 Å². The summed E-state index contributed by atoms with van der Waals surface area (Å²) in [7, 11) is 2.12. The minimum atomic E-state index is -0.269. The average molecular weight is 517 g/mol. The number of rotatable bonds is 6. The highest BCUT2D eigenvalue weighted by molar-refractivity contribution is 6.06. The van der Waals surface area contributed by atoms with E-state index in [2.05, 4.69) is 27.1 Å². The number of nitrogens with one attached hydrogen (secondary N) is 1. The quantitative estimate of drug-likeness (QED) is 0.503. The summed E-state index contributed by atoms with van der Waals surface area (Å²) in [5, 5.41) is 3.15. The topological polar surface area (TPSA) is 48.1 Å². The van der Waals surface area contributed by atoms with E-state index in [0.717, 1.165) is 87.0 Å². The van der Waals surface area contributed by atoms with Crippen LogP contribution in [-0.2, 0) is 11.3 Å². The van der Waals surface area contributed by atoms with Crippen molar-refractivity contribution in [1.82, 2.24) is 9.80 Å². The van der Waals surface area contributed by atoms with E-state index >= 15 is 4.39 Å². The number of hydrogen-bond acceptors (Lipinski definition) is 5. The molecule has 0 aliphatic carbocycles. The first-order chi connectivity index (χ1) is 18.4. The molecule has 3 aromatic rings. The molecule has 38 heavy (non-hydrogen) atoms. The molecule has 2 saturated heterocycles. The maximum atomic E-state index is 15.1. The number of morpholine rings is 1. The third kappa shape index (κ3) is 6.07. The highest BCUT2D eigenvalue weighted by Crippen LogP contribution is 2.34. The number of benzene rings is 3. The lowest BCUT2D eigenvalue weighted by molar-refractivity contribution is 0.0342. The minimum absolute atomic E-state index is 0.165. The van der Waals surface area contributed by atoms with Gasteiger partial charge in [-0.3, -0.25) is 9.69 Å². The molecule has 0 bridgehead atoms. The first-order valence-electron chi connectivity index (χ1n) is 13.4. The monoisotopic (exact) mass is 516 g/mol. The number of amides is 1. The van der Waals surface area contributed by atoms with Crippen molar-refractivity contribution in [3.63, 3.8) is 0 Å². The van der Waals surface area contributed by atoms with Gasteiger partial charge in [-0.25, -0.2) is 4.39 Å². The maximum absolute atomic E-state index is 15.1. The first-order valence-corrected chi connectivity index (χ1v) is 13.4. The number of carbonyl (C=O) groups is 1. The summed E-state index contributed by atoms with van der Waals surface area (Å²) in [5.41, 5.74) is 6.85. The SMILES string of the molecule is Cc1ccc(C(=O)Nc2cc(-c3cc(CN4CCOCC4)ccc3F)ccc2N2CCN(C)CC2)cc1C. The van der Waals surface area contributed by atoms with Crippen molar-refractivity contribution in [3.8, 4) is 11.1 Å². The normalized spacial score (nSPS) is 17.0. The molecule has 0 saturated carbocycles. The van der Waals surface area contributed by atoms with E-state index in [0.29, 0.717) is 16.8 Å². The van der Waals surface area contributed by atoms with Gasteiger partial charge in [-0.2, -0.15) is 0 Å². The van der Waals surface area contributed by atoms with E-state index < -0.39 is 0 Å². The molecule has 5 rings (SSSR count). The lowest BCUT2D eigenvalue weighted by Gasteiger charge is -2.35. The highest BCUT2D eigenvalue weighted by atomic mass is 19.1. The van der Waals surface area contributed by atoms with Crippen molar-refractivity contribution in [2.24, 2.45) is 0 Å². The van der Waals surface area contributed by atoms with Crippen LogP contribution in [0.25, 0.3) is 11.1 Å². The number of piperazine rings is 1. The number of likely N-dealkylation sites (N-methyl/N-ethyl adjacent to an activating group) is 1. The van der Waals surface area contributed by atoms with Crippen LogP contribution in [-0.4, -0.2) is 75.2 Å². The summed E-state index contributed by atoms with van der Waals surface area (Å²) in [6, 6.07) is 17.0. The summed E-state index contributed by atoms with van der Waals surface area (Å²) in [6.07, 6.45) is 0. The summed E-state index contributed by atoms with van der Waals surface area (Å²) < 4.78 is 20.6. The van der Waals surface area contributed by atoms with Crippen LogP contribution < -0.4 is 10.2 Å². The van der Waals surface area contributed by atoms with Crippen LogP contribution in [0.4, 0.5) is 15.8 Å². The van der Waals surface area contributed by atoms with E-state index in [-0.39, 0.29) is 11.7 Å². The smallest absolute Gasteiger partial charge is 0.255 e.